The average molecular weight is 422 g/mol. The molecule has 1 aliphatic rings. The van der Waals surface area contributed by atoms with E-state index in [-0.39, 0.29) is 5.97 Å². The first-order valence-corrected chi connectivity index (χ1v) is 10.8. The molecule has 0 aliphatic heterocycles. The molecule has 0 bridgehead atoms. The molecule has 1 atom stereocenters. The van der Waals surface area contributed by atoms with E-state index >= 15 is 0 Å². The molecule has 1 aliphatic carbocycles. The van der Waals surface area contributed by atoms with Crippen molar-refractivity contribution < 1.29 is 9.53 Å². The van der Waals surface area contributed by atoms with Gasteiger partial charge < -0.3 is 19.6 Å². The number of hydrogen-bond acceptors (Lipinski definition) is 4. The fraction of sp³-hybridized carbons (Fsp3) is 0.333. The van der Waals surface area contributed by atoms with Crippen molar-refractivity contribution in [3.63, 3.8) is 0 Å². The van der Waals surface area contributed by atoms with Crippen LogP contribution in [0, 0.1) is 4.77 Å². The number of aromatic amines is 1. The van der Waals surface area contributed by atoms with E-state index in [9.17, 15) is 4.79 Å². The Morgan fingerprint density at radius 3 is 2.73 bits per heavy atom. The predicted molar refractivity (Wildman–Crippen MR) is 120 cm³/mol. The van der Waals surface area contributed by atoms with Gasteiger partial charge in [-0.25, -0.2) is 4.79 Å². The fourth-order valence-corrected chi connectivity index (χ4v) is 4.55. The van der Waals surface area contributed by atoms with Crippen molar-refractivity contribution >= 4 is 18.2 Å². The van der Waals surface area contributed by atoms with Crippen LogP contribution >= 0.6 is 12.2 Å². The molecule has 3 aromatic rings. The number of benzene rings is 2. The van der Waals surface area contributed by atoms with Crippen LogP contribution in [0.2, 0.25) is 0 Å². The minimum absolute atomic E-state index is 0.304. The highest BCUT2D eigenvalue weighted by atomic mass is 32.1. The van der Waals surface area contributed by atoms with Gasteiger partial charge in [0.1, 0.15) is 0 Å². The van der Waals surface area contributed by atoms with E-state index in [2.05, 4.69) is 39.1 Å². The molecule has 6 heteroatoms. The number of ether oxygens (including phenoxy) is 1. The number of nitrogens with zero attached hydrogens (tertiary/aromatic N) is 1. The Morgan fingerprint density at radius 1 is 1.20 bits per heavy atom. The van der Waals surface area contributed by atoms with E-state index in [0.29, 0.717) is 11.6 Å². The molecule has 1 aromatic heterocycles. The standard InChI is InChI=1S/C24H27N3O2S/c1-29-23(28)19-8-6-17(7-9-19)12-13-25-15-22-16-26-24(30)27(22)21-11-10-18-4-2-3-5-20(18)14-21/h2-9,16,21,25H,10-15H2,1H3,(H,26,30)/t21-/m0/s1. The Bertz CT molecular complexity index is 1070. The Labute approximate surface area is 182 Å². The largest absolute Gasteiger partial charge is 0.465 e. The highest BCUT2D eigenvalue weighted by molar-refractivity contribution is 7.71. The van der Waals surface area contributed by atoms with Crippen LogP contribution in [0.15, 0.2) is 54.7 Å². The van der Waals surface area contributed by atoms with E-state index < -0.39 is 0 Å². The molecule has 0 unspecified atom stereocenters. The van der Waals surface area contributed by atoms with Crippen LogP contribution in [-0.4, -0.2) is 29.2 Å². The van der Waals surface area contributed by atoms with Crippen LogP contribution in [0.25, 0.3) is 0 Å². The van der Waals surface area contributed by atoms with Gasteiger partial charge in [0, 0.05) is 18.8 Å². The highest BCUT2D eigenvalue weighted by Crippen LogP contribution is 2.30. The summed E-state index contributed by atoms with van der Waals surface area (Å²) in [6.07, 6.45) is 6.16. The van der Waals surface area contributed by atoms with Gasteiger partial charge in [0.25, 0.3) is 0 Å². The molecule has 156 valence electrons. The minimum atomic E-state index is -0.304. The number of imidazole rings is 1. The summed E-state index contributed by atoms with van der Waals surface area (Å²) < 4.78 is 7.84. The number of rotatable bonds is 7. The second kappa shape index (κ2) is 9.41. The second-order valence-corrected chi connectivity index (χ2v) is 8.12. The third-order valence-corrected chi connectivity index (χ3v) is 6.16. The van der Waals surface area contributed by atoms with Crippen molar-refractivity contribution in [2.45, 2.75) is 38.3 Å². The molecule has 2 N–H and O–H groups in total. The molecule has 0 radical (unpaired) electrons. The van der Waals surface area contributed by atoms with E-state index in [0.717, 1.165) is 43.5 Å². The van der Waals surface area contributed by atoms with Gasteiger partial charge >= 0.3 is 5.97 Å². The number of carbonyl (C=O) groups excluding carboxylic acids is 1. The summed E-state index contributed by atoms with van der Waals surface area (Å²) in [6, 6.07) is 16.7. The Morgan fingerprint density at radius 2 is 1.97 bits per heavy atom. The monoisotopic (exact) mass is 421 g/mol. The zero-order chi connectivity index (χ0) is 20.9. The lowest BCUT2D eigenvalue weighted by Gasteiger charge is -2.27. The predicted octanol–water partition coefficient (Wildman–Crippen LogP) is 4.39. The summed E-state index contributed by atoms with van der Waals surface area (Å²) in [5.41, 5.74) is 5.87. The number of esters is 1. The van der Waals surface area contributed by atoms with E-state index in [1.54, 1.807) is 0 Å². The lowest BCUT2D eigenvalue weighted by Crippen LogP contribution is -2.24. The smallest absolute Gasteiger partial charge is 0.337 e. The topological polar surface area (TPSA) is 59.0 Å². The maximum atomic E-state index is 11.5. The number of nitrogens with one attached hydrogen (secondary N) is 2. The van der Waals surface area contributed by atoms with Crippen LogP contribution < -0.4 is 5.32 Å². The number of H-pyrrole nitrogens is 1. The summed E-state index contributed by atoms with van der Waals surface area (Å²) in [5.74, 6) is -0.304. The molecular formula is C24H27N3O2S. The zero-order valence-corrected chi connectivity index (χ0v) is 18.0. The van der Waals surface area contributed by atoms with Gasteiger partial charge in [-0.15, -0.1) is 0 Å². The van der Waals surface area contributed by atoms with Gasteiger partial charge in [-0.2, -0.15) is 0 Å². The molecule has 2 aromatic carbocycles. The van der Waals surface area contributed by atoms with Gasteiger partial charge in [-0.05, 0) is 73.3 Å². The summed E-state index contributed by atoms with van der Waals surface area (Å²) in [7, 11) is 1.40. The summed E-state index contributed by atoms with van der Waals surface area (Å²) >= 11 is 5.59. The van der Waals surface area contributed by atoms with Crippen LogP contribution in [0.3, 0.4) is 0 Å². The third kappa shape index (κ3) is 4.55. The Kier molecular flexibility index (Phi) is 6.45. The first-order valence-electron chi connectivity index (χ1n) is 10.4. The fourth-order valence-electron chi connectivity index (χ4n) is 4.22. The van der Waals surface area contributed by atoms with Gasteiger partial charge in [0.2, 0.25) is 0 Å². The maximum absolute atomic E-state index is 11.5. The number of aryl methyl sites for hydroxylation is 1. The minimum Gasteiger partial charge on any atom is -0.465 e. The van der Waals surface area contributed by atoms with E-state index in [1.807, 2.05) is 30.5 Å². The SMILES string of the molecule is COC(=O)c1ccc(CCNCc2c[nH]c(=S)n2[C@H]2CCc3ccccc3C2)cc1. The molecule has 0 fully saturated rings. The van der Waals surface area contributed by atoms with Crippen molar-refractivity contribution in [1.82, 2.24) is 14.9 Å². The number of carbonyl (C=O) groups is 1. The Hall–Kier alpha value is -2.70. The van der Waals surface area contributed by atoms with Crippen LogP contribution in [0.5, 0.6) is 0 Å². The maximum Gasteiger partial charge on any atom is 0.337 e. The number of aromatic nitrogens is 2. The molecular weight excluding hydrogens is 394 g/mol. The van der Waals surface area contributed by atoms with Crippen molar-refractivity contribution in [2.75, 3.05) is 13.7 Å². The summed E-state index contributed by atoms with van der Waals surface area (Å²) in [5, 5.41) is 3.53. The van der Waals surface area contributed by atoms with E-state index in [1.165, 1.54) is 29.5 Å². The van der Waals surface area contributed by atoms with Crippen LogP contribution in [-0.2, 0) is 30.5 Å². The number of fused-ring (bicyclic) bond motifs is 1. The molecule has 0 saturated heterocycles. The highest BCUT2D eigenvalue weighted by Gasteiger charge is 2.22. The van der Waals surface area contributed by atoms with Gasteiger partial charge in [0.05, 0.1) is 18.4 Å². The van der Waals surface area contributed by atoms with Crippen molar-refractivity contribution in [3.8, 4) is 0 Å². The molecule has 4 rings (SSSR count). The van der Waals surface area contributed by atoms with Crippen LogP contribution in [0.1, 0.15) is 45.2 Å². The molecule has 0 spiro atoms. The zero-order valence-electron chi connectivity index (χ0n) is 17.2. The average Bonchev–Trinajstić information content (AvgIpc) is 3.16. The first kappa shape index (κ1) is 20.6. The Balaban J connectivity index is 1.34. The molecule has 1 heterocycles. The number of methoxy groups -OCH3 is 1. The quantitative estimate of drug-likeness (QED) is 0.337. The molecule has 30 heavy (non-hydrogen) atoms. The lowest BCUT2D eigenvalue weighted by molar-refractivity contribution is 0.0600. The summed E-state index contributed by atoms with van der Waals surface area (Å²) in [4.78, 5) is 14.8. The second-order valence-electron chi connectivity index (χ2n) is 7.74. The van der Waals surface area contributed by atoms with Gasteiger partial charge in [0.15, 0.2) is 4.77 Å². The third-order valence-electron chi connectivity index (χ3n) is 5.85. The molecule has 0 amide bonds. The number of hydrogen-bond donors (Lipinski definition) is 2. The first-order chi connectivity index (χ1) is 14.7. The summed E-state index contributed by atoms with van der Waals surface area (Å²) in [6.45, 7) is 1.62. The molecule has 5 nitrogen and oxygen atoms in total. The van der Waals surface area contributed by atoms with E-state index in [4.69, 9.17) is 17.0 Å². The van der Waals surface area contributed by atoms with Crippen molar-refractivity contribution in [1.29, 1.82) is 0 Å². The molecule has 0 saturated carbocycles. The normalized spacial score (nSPS) is 15.6. The van der Waals surface area contributed by atoms with Gasteiger partial charge in [-0.1, -0.05) is 36.4 Å². The van der Waals surface area contributed by atoms with Gasteiger partial charge in [-0.3, -0.25) is 0 Å². The van der Waals surface area contributed by atoms with Crippen molar-refractivity contribution in [2.24, 2.45) is 0 Å². The van der Waals surface area contributed by atoms with Crippen LogP contribution in [0.4, 0.5) is 0 Å². The lowest BCUT2D eigenvalue weighted by atomic mass is 9.88. The van der Waals surface area contributed by atoms with Crippen molar-refractivity contribution in [3.05, 3.63) is 87.4 Å².